The molecule has 0 spiro atoms. The molecule has 0 saturated heterocycles. The Morgan fingerprint density at radius 3 is 2.67 bits per heavy atom. The maximum atomic E-state index is 5.66. The van der Waals surface area contributed by atoms with E-state index in [1.807, 2.05) is 36.2 Å². The molecule has 1 aromatic heterocycles. The number of aromatic nitrogens is 1. The Labute approximate surface area is 182 Å². The van der Waals surface area contributed by atoms with Gasteiger partial charge in [0.1, 0.15) is 0 Å². The third-order valence-corrected chi connectivity index (χ3v) is 5.07. The first-order valence-electron chi connectivity index (χ1n) is 9.03. The maximum absolute atomic E-state index is 5.66. The minimum Gasteiger partial charge on any atom is -0.477 e. The zero-order valence-electron chi connectivity index (χ0n) is 15.6. The van der Waals surface area contributed by atoms with Gasteiger partial charge in [0, 0.05) is 43.0 Å². The molecule has 0 bridgehead atoms. The Kier molecular flexibility index (Phi) is 9.75. The van der Waals surface area contributed by atoms with E-state index in [9.17, 15) is 0 Å². The fourth-order valence-electron chi connectivity index (χ4n) is 2.35. The van der Waals surface area contributed by atoms with Gasteiger partial charge in [-0.15, -0.1) is 35.7 Å². The van der Waals surface area contributed by atoms with Gasteiger partial charge in [0.15, 0.2) is 5.96 Å². The Bertz CT molecular complexity index is 693. The van der Waals surface area contributed by atoms with E-state index in [1.54, 1.807) is 7.05 Å². The van der Waals surface area contributed by atoms with Crippen LogP contribution in [-0.4, -0.2) is 36.9 Å². The lowest BCUT2D eigenvalue weighted by Crippen LogP contribution is -2.37. The lowest BCUT2D eigenvalue weighted by atomic mass is 10.3. The highest BCUT2D eigenvalue weighted by Gasteiger charge is 2.21. The van der Waals surface area contributed by atoms with Crippen LogP contribution >= 0.6 is 35.7 Å². The molecule has 1 aliphatic carbocycles. The summed E-state index contributed by atoms with van der Waals surface area (Å²) in [5, 5.41) is 6.65. The number of nitrogens with one attached hydrogen (secondary N) is 2. The average molecular weight is 498 g/mol. The van der Waals surface area contributed by atoms with Gasteiger partial charge in [-0.1, -0.05) is 24.3 Å². The molecule has 3 rings (SSSR count). The molecule has 1 fully saturated rings. The van der Waals surface area contributed by atoms with Crippen LogP contribution < -0.4 is 15.4 Å². The predicted octanol–water partition coefficient (Wildman–Crippen LogP) is 3.95. The van der Waals surface area contributed by atoms with Crippen LogP contribution in [0.15, 0.2) is 58.5 Å². The molecular formula is C20H27IN4OS. The monoisotopic (exact) mass is 498 g/mol. The van der Waals surface area contributed by atoms with Crippen molar-refractivity contribution >= 4 is 41.7 Å². The fraction of sp³-hybridized carbons (Fsp3) is 0.400. The topological polar surface area (TPSA) is 58.5 Å². The molecule has 2 aromatic rings. The first-order chi connectivity index (χ1) is 12.8. The number of hydrogen-bond donors (Lipinski definition) is 2. The second-order valence-corrected chi connectivity index (χ2v) is 7.44. The molecule has 1 saturated carbocycles. The van der Waals surface area contributed by atoms with Gasteiger partial charge in [-0.2, -0.15) is 0 Å². The van der Waals surface area contributed by atoms with Crippen molar-refractivity contribution in [3.05, 3.63) is 54.2 Å². The van der Waals surface area contributed by atoms with Gasteiger partial charge in [0.2, 0.25) is 5.88 Å². The molecule has 1 aromatic carbocycles. The molecule has 0 aliphatic heterocycles. The SMILES string of the molecule is CN=C(NCCSc1ccccc1)NCc1ccc(OCC2CC2)nc1.I. The van der Waals surface area contributed by atoms with E-state index in [0.717, 1.165) is 36.3 Å². The van der Waals surface area contributed by atoms with E-state index in [-0.39, 0.29) is 24.0 Å². The number of rotatable bonds is 9. The Balaban J connectivity index is 0.00000261. The maximum Gasteiger partial charge on any atom is 0.213 e. The van der Waals surface area contributed by atoms with Gasteiger partial charge in [-0.3, -0.25) is 4.99 Å². The minimum absolute atomic E-state index is 0. The van der Waals surface area contributed by atoms with Crippen LogP contribution in [-0.2, 0) is 6.54 Å². The van der Waals surface area contributed by atoms with Crippen molar-refractivity contribution in [3.63, 3.8) is 0 Å². The van der Waals surface area contributed by atoms with E-state index in [1.165, 1.54) is 17.7 Å². The molecule has 146 valence electrons. The van der Waals surface area contributed by atoms with Crippen LogP contribution in [0.3, 0.4) is 0 Å². The van der Waals surface area contributed by atoms with Gasteiger partial charge in [0.05, 0.1) is 6.61 Å². The summed E-state index contributed by atoms with van der Waals surface area (Å²) in [5.74, 6) is 3.24. The highest BCUT2D eigenvalue weighted by atomic mass is 127. The van der Waals surface area contributed by atoms with Gasteiger partial charge < -0.3 is 15.4 Å². The molecule has 27 heavy (non-hydrogen) atoms. The number of ether oxygens (including phenoxy) is 1. The van der Waals surface area contributed by atoms with Crippen molar-refractivity contribution in [2.75, 3.05) is 26.0 Å². The molecule has 1 aliphatic rings. The number of aliphatic imine (C=N–C) groups is 1. The van der Waals surface area contributed by atoms with Gasteiger partial charge >= 0.3 is 0 Å². The van der Waals surface area contributed by atoms with Crippen molar-refractivity contribution in [2.45, 2.75) is 24.3 Å². The Hall–Kier alpha value is -1.48. The van der Waals surface area contributed by atoms with Crippen LogP contribution in [0.4, 0.5) is 0 Å². The van der Waals surface area contributed by atoms with E-state index in [0.29, 0.717) is 12.4 Å². The molecule has 1 heterocycles. The molecular weight excluding hydrogens is 471 g/mol. The molecule has 2 N–H and O–H groups in total. The summed E-state index contributed by atoms with van der Waals surface area (Å²) in [5.41, 5.74) is 1.10. The van der Waals surface area contributed by atoms with Crippen LogP contribution in [0.1, 0.15) is 18.4 Å². The summed E-state index contributed by atoms with van der Waals surface area (Å²) in [6.07, 6.45) is 4.43. The summed E-state index contributed by atoms with van der Waals surface area (Å²) < 4.78 is 5.66. The second-order valence-electron chi connectivity index (χ2n) is 6.27. The number of thioether (sulfide) groups is 1. The van der Waals surface area contributed by atoms with Crippen molar-refractivity contribution in [3.8, 4) is 5.88 Å². The lowest BCUT2D eigenvalue weighted by Gasteiger charge is -2.12. The van der Waals surface area contributed by atoms with E-state index < -0.39 is 0 Å². The van der Waals surface area contributed by atoms with Crippen molar-refractivity contribution in [2.24, 2.45) is 10.9 Å². The number of halogens is 1. The fourth-order valence-corrected chi connectivity index (χ4v) is 3.14. The lowest BCUT2D eigenvalue weighted by molar-refractivity contribution is 0.288. The van der Waals surface area contributed by atoms with E-state index >= 15 is 0 Å². The molecule has 0 atom stereocenters. The number of benzene rings is 1. The molecule has 0 amide bonds. The third-order valence-electron chi connectivity index (χ3n) is 4.05. The summed E-state index contributed by atoms with van der Waals surface area (Å²) in [7, 11) is 1.78. The zero-order valence-corrected chi connectivity index (χ0v) is 18.7. The Morgan fingerprint density at radius 1 is 1.19 bits per heavy atom. The zero-order chi connectivity index (χ0) is 18.0. The highest BCUT2D eigenvalue weighted by Crippen LogP contribution is 2.29. The van der Waals surface area contributed by atoms with Crippen LogP contribution in [0.5, 0.6) is 5.88 Å². The van der Waals surface area contributed by atoms with Gasteiger partial charge in [0.25, 0.3) is 0 Å². The smallest absolute Gasteiger partial charge is 0.213 e. The molecule has 5 nitrogen and oxygen atoms in total. The van der Waals surface area contributed by atoms with Gasteiger partial charge in [-0.05, 0) is 36.5 Å². The third kappa shape index (κ3) is 8.38. The highest BCUT2D eigenvalue weighted by molar-refractivity contribution is 14.0. The van der Waals surface area contributed by atoms with Crippen LogP contribution in [0.25, 0.3) is 0 Å². The number of hydrogen-bond acceptors (Lipinski definition) is 4. The summed E-state index contributed by atoms with van der Waals surface area (Å²) in [4.78, 5) is 9.91. The van der Waals surface area contributed by atoms with Crippen molar-refractivity contribution in [1.82, 2.24) is 15.6 Å². The van der Waals surface area contributed by atoms with Gasteiger partial charge in [-0.25, -0.2) is 4.98 Å². The number of nitrogens with zero attached hydrogens (tertiary/aromatic N) is 2. The first kappa shape index (κ1) is 21.8. The minimum atomic E-state index is 0. The van der Waals surface area contributed by atoms with Crippen LogP contribution in [0.2, 0.25) is 0 Å². The normalized spacial score (nSPS) is 13.6. The Morgan fingerprint density at radius 2 is 2.00 bits per heavy atom. The second kappa shape index (κ2) is 12.1. The molecule has 0 radical (unpaired) electrons. The van der Waals surface area contributed by atoms with E-state index in [2.05, 4.69) is 44.9 Å². The van der Waals surface area contributed by atoms with E-state index in [4.69, 9.17) is 4.74 Å². The van der Waals surface area contributed by atoms with Crippen molar-refractivity contribution in [1.29, 1.82) is 0 Å². The number of guanidine groups is 1. The molecule has 7 heteroatoms. The first-order valence-corrected chi connectivity index (χ1v) is 10.0. The summed E-state index contributed by atoms with van der Waals surface area (Å²) in [6, 6.07) is 14.4. The number of pyridine rings is 1. The largest absolute Gasteiger partial charge is 0.477 e. The molecule has 0 unspecified atom stereocenters. The summed E-state index contributed by atoms with van der Waals surface area (Å²) in [6.45, 7) is 2.33. The quantitative estimate of drug-likeness (QED) is 0.180. The van der Waals surface area contributed by atoms with Crippen LogP contribution in [0, 0.1) is 5.92 Å². The average Bonchev–Trinajstić information content (AvgIpc) is 3.52. The predicted molar refractivity (Wildman–Crippen MR) is 123 cm³/mol. The summed E-state index contributed by atoms with van der Waals surface area (Å²) >= 11 is 1.83. The standard InChI is InChI=1S/C20H26N4OS.HI/c1-21-20(22-11-12-26-18-5-3-2-4-6-18)24-14-17-9-10-19(23-13-17)25-15-16-7-8-16;/h2-6,9-10,13,16H,7-8,11-12,14-15H2,1H3,(H2,21,22,24);1H. The van der Waals surface area contributed by atoms with Crippen molar-refractivity contribution < 1.29 is 4.74 Å².